The molecule has 0 radical (unpaired) electrons. The number of ether oxygens (including phenoxy) is 1. The maximum atomic E-state index is 12.8. The smallest absolute Gasteiger partial charge is 0.409 e. The van der Waals surface area contributed by atoms with Crippen molar-refractivity contribution in [1.82, 2.24) is 24.7 Å². The van der Waals surface area contributed by atoms with Crippen molar-refractivity contribution >= 4 is 17.9 Å². The van der Waals surface area contributed by atoms with E-state index in [1.807, 2.05) is 21.0 Å². The maximum Gasteiger partial charge on any atom is 0.409 e. The second kappa shape index (κ2) is 10.1. The molecular weight excluding hydrogens is 348 g/mol. The summed E-state index contributed by atoms with van der Waals surface area (Å²) in [5.74, 6) is 0.336. The molecule has 1 N–H and O–H groups in total. The molecule has 2 rings (SSSR count). The maximum absolute atomic E-state index is 12.8. The number of nitrogens with zero attached hydrogens (tertiary/aromatic N) is 5. The van der Waals surface area contributed by atoms with E-state index < -0.39 is 0 Å². The van der Waals surface area contributed by atoms with Crippen molar-refractivity contribution in [3.63, 3.8) is 0 Å². The SMILES string of the molecule is CCOC(=O)N1CCN(C(=O)c2cc(C)nc(NCCCN(C)C)n2)CC1. The van der Waals surface area contributed by atoms with Crippen LogP contribution in [0.1, 0.15) is 29.5 Å². The summed E-state index contributed by atoms with van der Waals surface area (Å²) in [4.78, 5) is 38.7. The molecule has 9 heteroatoms. The van der Waals surface area contributed by atoms with E-state index >= 15 is 0 Å². The van der Waals surface area contributed by atoms with Gasteiger partial charge in [0.2, 0.25) is 5.95 Å². The third-order valence-corrected chi connectivity index (χ3v) is 4.23. The summed E-state index contributed by atoms with van der Waals surface area (Å²) in [7, 11) is 4.06. The second-order valence-electron chi connectivity index (χ2n) is 6.78. The Morgan fingerprint density at radius 1 is 1.19 bits per heavy atom. The fourth-order valence-corrected chi connectivity index (χ4v) is 2.82. The number of hydrogen-bond donors (Lipinski definition) is 1. The van der Waals surface area contributed by atoms with E-state index in [-0.39, 0.29) is 12.0 Å². The van der Waals surface area contributed by atoms with Gasteiger partial charge in [-0.05, 0) is 47.0 Å². The van der Waals surface area contributed by atoms with Crippen LogP contribution < -0.4 is 5.32 Å². The molecule has 1 saturated heterocycles. The Labute approximate surface area is 160 Å². The van der Waals surface area contributed by atoms with Crippen molar-refractivity contribution in [3.8, 4) is 0 Å². The van der Waals surface area contributed by atoms with Gasteiger partial charge < -0.3 is 24.8 Å². The van der Waals surface area contributed by atoms with Crippen LogP contribution in [-0.4, -0.2) is 96.6 Å². The average molecular weight is 378 g/mol. The van der Waals surface area contributed by atoms with Gasteiger partial charge in [0.15, 0.2) is 0 Å². The molecule has 2 amide bonds. The molecule has 0 unspecified atom stereocenters. The van der Waals surface area contributed by atoms with E-state index in [9.17, 15) is 9.59 Å². The predicted molar refractivity (Wildman–Crippen MR) is 103 cm³/mol. The summed E-state index contributed by atoms with van der Waals surface area (Å²) in [5, 5.41) is 3.19. The number of carbonyl (C=O) groups excluding carboxylic acids is 2. The van der Waals surface area contributed by atoms with E-state index in [2.05, 4.69) is 20.2 Å². The molecule has 0 aliphatic carbocycles. The number of aromatic nitrogens is 2. The number of nitrogens with one attached hydrogen (secondary N) is 1. The third-order valence-electron chi connectivity index (χ3n) is 4.23. The van der Waals surface area contributed by atoms with Crippen molar-refractivity contribution in [3.05, 3.63) is 17.5 Å². The van der Waals surface area contributed by atoms with Crippen LogP contribution in [0, 0.1) is 6.92 Å². The van der Waals surface area contributed by atoms with Gasteiger partial charge in [-0.15, -0.1) is 0 Å². The first kappa shape index (κ1) is 20.9. The number of aryl methyl sites for hydroxylation is 1. The average Bonchev–Trinajstić information content (AvgIpc) is 2.64. The fraction of sp³-hybridized carbons (Fsp3) is 0.667. The zero-order chi connectivity index (χ0) is 19.8. The molecule has 1 aliphatic rings. The van der Waals surface area contributed by atoms with Crippen LogP contribution in [0.5, 0.6) is 0 Å². The molecule has 0 atom stereocenters. The molecule has 1 aliphatic heterocycles. The minimum Gasteiger partial charge on any atom is -0.450 e. The van der Waals surface area contributed by atoms with Gasteiger partial charge in [-0.25, -0.2) is 14.8 Å². The Bertz CT molecular complexity index is 644. The van der Waals surface area contributed by atoms with E-state index in [1.165, 1.54) is 0 Å². The molecule has 0 spiro atoms. The Morgan fingerprint density at radius 2 is 1.85 bits per heavy atom. The van der Waals surface area contributed by atoms with Gasteiger partial charge in [0.05, 0.1) is 6.61 Å². The highest BCUT2D eigenvalue weighted by Crippen LogP contribution is 2.11. The van der Waals surface area contributed by atoms with Crippen LogP contribution in [0.4, 0.5) is 10.7 Å². The quantitative estimate of drug-likeness (QED) is 0.710. The summed E-state index contributed by atoms with van der Waals surface area (Å²) in [5.41, 5.74) is 1.12. The zero-order valence-electron chi connectivity index (χ0n) is 16.7. The van der Waals surface area contributed by atoms with Crippen LogP contribution in [0.2, 0.25) is 0 Å². The number of rotatable bonds is 7. The largest absolute Gasteiger partial charge is 0.450 e. The molecule has 1 aromatic rings. The third kappa shape index (κ3) is 6.35. The summed E-state index contributed by atoms with van der Waals surface area (Å²) in [6, 6.07) is 1.70. The lowest BCUT2D eigenvalue weighted by Gasteiger charge is -2.33. The Morgan fingerprint density at radius 3 is 2.48 bits per heavy atom. The molecule has 9 nitrogen and oxygen atoms in total. The zero-order valence-corrected chi connectivity index (χ0v) is 16.7. The first-order valence-electron chi connectivity index (χ1n) is 9.36. The monoisotopic (exact) mass is 378 g/mol. The summed E-state index contributed by atoms with van der Waals surface area (Å²) in [6.45, 7) is 7.54. The van der Waals surface area contributed by atoms with Gasteiger partial charge in [-0.3, -0.25) is 4.79 Å². The van der Waals surface area contributed by atoms with Gasteiger partial charge in [0.1, 0.15) is 5.69 Å². The van der Waals surface area contributed by atoms with Gasteiger partial charge in [0, 0.05) is 38.4 Å². The lowest BCUT2D eigenvalue weighted by Crippen LogP contribution is -2.50. The van der Waals surface area contributed by atoms with E-state index in [1.54, 1.807) is 22.8 Å². The normalized spacial score (nSPS) is 14.4. The topological polar surface area (TPSA) is 90.9 Å². The van der Waals surface area contributed by atoms with Crippen LogP contribution in [0.15, 0.2) is 6.07 Å². The van der Waals surface area contributed by atoms with E-state index in [4.69, 9.17) is 4.74 Å². The molecular formula is C18H30N6O3. The molecule has 27 heavy (non-hydrogen) atoms. The minimum atomic E-state index is -0.327. The number of hydrogen-bond acceptors (Lipinski definition) is 7. The Kier molecular flexibility index (Phi) is 7.78. The van der Waals surface area contributed by atoms with Crippen LogP contribution in [-0.2, 0) is 4.74 Å². The summed E-state index contributed by atoms with van der Waals surface area (Å²) in [6.07, 6.45) is 0.635. The number of piperazine rings is 1. The highest BCUT2D eigenvalue weighted by Gasteiger charge is 2.26. The van der Waals surface area contributed by atoms with Crippen molar-refractivity contribution < 1.29 is 14.3 Å². The standard InChI is InChI=1S/C18H30N6O3/c1-5-27-18(26)24-11-9-23(10-12-24)16(25)15-13-14(2)20-17(21-15)19-7-6-8-22(3)4/h13H,5-12H2,1-4H3,(H,19,20,21). The lowest BCUT2D eigenvalue weighted by atomic mass is 10.2. The van der Waals surface area contributed by atoms with Gasteiger partial charge in [0.25, 0.3) is 5.91 Å². The van der Waals surface area contributed by atoms with Gasteiger partial charge in [-0.1, -0.05) is 0 Å². The second-order valence-corrected chi connectivity index (χ2v) is 6.78. The van der Waals surface area contributed by atoms with Crippen molar-refractivity contribution in [2.75, 3.05) is 65.3 Å². The molecule has 150 valence electrons. The van der Waals surface area contributed by atoms with E-state index in [0.717, 1.165) is 25.2 Å². The Hall–Kier alpha value is -2.42. The van der Waals surface area contributed by atoms with Crippen molar-refractivity contribution in [2.24, 2.45) is 0 Å². The van der Waals surface area contributed by atoms with Gasteiger partial charge >= 0.3 is 6.09 Å². The number of anilines is 1. The fourth-order valence-electron chi connectivity index (χ4n) is 2.82. The van der Waals surface area contributed by atoms with Gasteiger partial charge in [-0.2, -0.15) is 0 Å². The van der Waals surface area contributed by atoms with E-state index in [0.29, 0.717) is 44.4 Å². The summed E-state index contributed by atoms with van der Waals surface area (Å²) >= 11 is 0. The highest BCUT2D eigenvalue weighted by atomic mass is 16.6. The van der Waals surface area contributed by atoms with Crippen LogP contribution >= 0.6 is 0 Å². The first-order valence-corrected chi connectivity index (χ1v) is 9.36. The molecule has 0 bridgehead atoms. The molecule has 1 aromatic heterocycles. The number of carbonyl (C=O) groups is 2. The number of amides is 2. The molecule has 0 aromatic carbocycles. The molecule has 2 heterocycles. The molecule has 0 saturated carbocycles. The lowest BCUT2D eigenvalue weighted by molar-refractivity contribution is 0.0566. The van der Waals surface area contributed by atoms with Crippen molar-refractivity contribution in [1.29, 1.82) is 0 Å². The van der Waals surface area contributed by atoms with Crippen LogP contribution in [0.25, 0.3) is 0 Å². The molecule has 1 fully saturated rings. The Balaban J connectivity index is 1.93. The van der Waals surface area contributed by atoms with Crippen LogP contribution in [0.3, 0.4) is 0 Å². The highest BCUT2D eigenvalue weighted by molar-refractivity contribution is 5.92. The summed E-state index contributed by atoms with van der Waals surface area (Å²) < 4.78 is 5.01. The predicted octanol–water partition coefficient (Wildman–Crippen LogP) is 1.06. The minimum absolute atomic E-state index is 0.139. The first-order chi connectivity index (χ1) is 12.9. The van der Waals surface area contributed by atoms with Crippen molar-refractivity contribution in [2.45, 2.75) is 20.3 Å².